The van der Waals surface area contributed by atoms with Gasteiger partial charge < -0.3 is 15.0 Å². The minimum atomic E-state index is -0.121. The molecule has 2 fully saturated rings. The van der Waals surface area contributed by atoms with E-state index in [9.17, 15) is 9.59 Å². The van der Waals surface area contributed by atoms with E-state index in [0.717, 1.165) is 24.3 Å². The maximum Gasteiger partial charge on any atom is 0.321 e. The Kier molecular flexibility index (Phi) is 5.39. The molecule has 4 rings (SSSR count). The summed E-state index contributed by atoms with van der Waals surface area (Å²) in [6.07, 6.45) is 1.65. The van der Waals surface area contributed by atoms with Gasteiger partial charge in [0, 0.05) is 55.3 Å². The number of piperidine rings is 1. The molecule has 2 aliphatic heterocycles. The Morgan fingerprint density at radius 2 is 1.82 bits per heavy atom. The maximum absolute atomic E-state index is 12.9. The molecule has 2 aliphatic rings. The second-order valence-electron chi connectivity index (χ2n) is 7.00. The second kappa shape index (κ2) is 8.10. The highest BCUT2D eigenvalue weighted by Crippen LogP contribution is 2.23. The van der Waals surface area contributed by atoms with Crippen molar-refractivity contribution in [2.75, 3.05) is 31.1 Å². The van der Waals surface area contributed by atoms with E-state index in [1.165, 1.54) is 0 Å². The summed E-state index contributed by atoms with van der Waals surface area (Å²) >= 11 is 5.90. The van der Waals surface area contributed by atoms with E-state index < -0.39 is 0 Å². The molecule has 0 bridgehead atoms. The number of hydrogen-bond acceptors (Lipinski definition) is 3. The molecule has 0 aromatic heterocycles. The van der Waals surface area contributed by atoms with Gasteiger partial charge in [-0.15, -0.1) is 0 Å². The molecule has 2 aromatic carbocycles. The number of nitrogens with zero attached hydrogens (tertiary/aromatic N) is 2. The highest BCUT2D eigenvalue weighted by Gasteiger charge is 2.26. The highest BCUT2D eigenvalue weighted by molar-refractivity contribution is 6.30. The SMILES string of the molecule is O=C(c1cccc(N2CCNC2=O)c1)N1CCC(Oc2ccc(Cl)cc2)CC1. The molecule has 0 aliphatic carbocycles. The molecule has 0 atom stereocenters. The third-order valence-electron chi connectivity index (χ3n) is 5.11. The minimum Gasteiger partial charge on any atom is -0.490 e. The Morgan fingerprint density at radius 1 is 1.07 bits per heavy atom. The van der Waals surface area contributed by atoms with E-state index in [1.54, 1.807) is 17.0 Å². The zero-order chi connectivity index (χ0) is 19.5. The first-order chi connectivity index (χ1) is 13.6. The summed E-state index contributed by atoms with van der Waals surface area (Å²) in [7, 11) is 0. The summed E-state index contributed by atoms with van der Waals surface area (Å²) in [5, 5.41) is 3.46. The smallest absolute Gasteiger partial charge is 0.321 e. The van der Waals surface area contributed by atoms with Gasteiger partial charge in [-0.2, -0.15) is 0 Å². The fraction of sp³-hybridized carbons (Fsp3) is 0.333. The number of anilines is 1. The lowest BCUT2D eigenvalue weighted by atomic mass is 10.1. The van der Waals surface area contributed by atoms with Crippen LogP contribution in [0.2, 0.25) is 5.02 Å². The summed E-state index contributed by atoms with van der Waals surface area (Å²) in [5.41, 5.74) is 1.36. The lowest BCUT2D eigenvalue weighted by molar-refractivity contribution is 0.0595. The molecule has 6 nitrogen and oxygen atoms in total. The van der Waals surface area contributed by atoms with Crippen molar-refractivity contribution in [3.8, 4) is 5.75 Å². The standard InChI is InChI=1S/C21H22ClN3O3/c22-16-4-6-18(7-5-16)28-19-8-11-24(12-9-19)20(26)15-2-1-3-17(14-15)25-13-10-23-21(25)27/h1-7,14,19H,8-13H2,(H,23,27). The Balaban J connectivity index is 1.36. The van der Waals surface area contributed by atoms with E-state index >= 15 is 0 Å². The van der Waals surface area contributed by atoms with Gasteiger partial charge in [0.1, 0.15) is 11.9 Å². The van der Waals surface area contributed by atoms with Crippen LogP contribution in [0.5, 0.6) is 5.75 Å². The zero-order valence-electron chi connectivity index (χ0n) is 15.4. The van der Waals surface area contributed by atoms with Crippen molar-refractivity contribution in [1.82, 2.24) is 10.2 Å². The van der Waals surface area contributed by atoms with Crippen LogP contribution in [0.1, 0.15) is 23.2 Å². The Labute approximate surface area is 169 Å². The van der Waals surface area contributed by atoms with Crippen molar-refractivity contribution in [2.24, 2.45) is 0 Å². The molecule has 2 aromatic rings. The van der Waals surface area contributed by atoms with E-state index in [-0.39, 0.29) is 18.0 Å². The van der Waals surface area contributed by atoms with Crippen LogP contribution in [0.4, 0.5) is 10.5 Å². The number of amides is 3. The third-order valence-corrected chi connectivity index (χ3v) is 5.36. The Morgan fingerprint density at radius 3 is 2.50 bits per heavy atom. The zero-order valence-corrected chi connectivity index (χ0v) is 16.2. The Bertz CT molecular complexity index is 863. The first-order valence-corrected chi connectivity index (χ1v) is 9.85. The first kappa shape index (κ1) is 18.6. The van der Waals surface area contributed by atoms with Crippen LogP contribution in [-0.4, -0.2) is 49.1 Å². The quantitative estimate of drug-likeness (QED) is 0.855. The number of ether oxygens (including phenoxy) is 1. The monoisotopic (exact) mass is 399 g/mol. The molecule has 0 unspecified atom stereocenters. The molecule has 0 radical (unpaired) electrons. The van der Waals surface area contributed by atoms with Crippen molar-refractivity contribution in [3.63, 3.8) is 0 Å². The lowest BCUT2D eigenvalue weighted by Gasteiger charge is -2.32. The van der Waals surface area contributed by atoms with Crippen LogP contribution in [-0.2, 0) is 0 Å². The van der Waals surface area contributed by atoms with Crippen molar-refractivity contribution in [3.05, 3.63) is 59.1 Å². The number of rotatable bonds is 4. The van der Waals surface area contributed by atoms with Crippen LogP contribution in [0.3, 0.4) is 0 Å². The topological polar surface area (TPSA) is 61.9 Å². The third kappa shape index (κ3) is 4.07. The van der Waals surface area contributed by atoms with Crippen molar-refractivity contribution in [2.45, 2.75) is 18.9 Å². The molecular formula is C21H22ClN3O3. The maximum atomic E-state index is 12.9. The van der Waals surface area contributed by atoms with Gasteiger partial charge in [-0.1, -0.05) is 17.7 Å². The fourth-order valence-corrected chi connectivity index (χ4v) is 3.72. The van der Waals surface area contributed by atoms with E-state index in [1.807, 2.05) is 41.3 Å². The van der Waals surface area contributed by atoms with Crippen LogP contribution >= 0.6 is 11.6 Å². The van der Waals surface area contributed by atoms with E-state index in [2.05, 4.69) is 5.32 Å². The number of likely N-dealkylation sites (tertiary alicyclic amines) is 1. The molecule has 3 amide bonds. The van der Waals surface area contributed by atoms with Gasteiger partial charge in [0.15, 0.2) is 0 Å². The minimum absolute atomic E-state index is 0.00796. The number of carbonyl (C=O) groups excluding carboxylic acids is 2. The van der Waals surface area contributed by atoms with Gasteiger partial charge in [0.05, 0.1) is 0 Å². The molecule has 2 saturated heterocycles. The average Bonchev–Trinajstić information content (AvgIpc) is 3.16. The van der Waals surface area contributed by atoms with E-state index in [4.69, 9.17) is 16.3 Å². The lowest BCUT2D eigenvalue weighted by Crippen LogP contribution is -2.41. The summed E-state index contributed by atoms with van der Waals surface area (Å²) in [6.45, 7) is 2.53. The molecule has 7 heteroatoms. The number of benzene rings is 2. The number of hydrogen-bond donors (Lipinski definition) is 1. The summed E-state index contributed by atoms with van der Waals surface area (Å²) < 4.78 is 5.99. The average molecular weight is 400 g/mol. The van der Waals surface area contributed by atoms with Crippen LogP contribution in [0, 0.1) is 0 Å². The number of carbonyl (C=O) groups is 2. The molecule has 28 heavy (non-hydrogen) atoms. The molecule has 2 heterocycles. The van der Waals surface area contributed by atoms with Crippen molar-refractivity contribution >= 4 is 29.2 Å². The first-order valence-electron chi connectivity index (χ1n) is 9.47. The summed E-state index contributed by atoms with van der Waals surface area (Å²) in [5.74, 6) is 0.789. The summed E-state index contributed by atoms with van der Waals surface area (Å²) in [4.78, 5) is 28.3. The summed E-state index contributed by atoms with van der Waals surface area (Å²) in [6, 6.07) is 14.5. The highest BCUT2D eigenvalue weighted by atomic mass is 35.5. The van der Waals surface area contributed by atoms with E-state index in [0.29, 0.717) is 36.8 Å². The van der Waals surface area contributed by atoms with Gasteiger partial charge in [0.25, 0.3) is 5.91 Å². The largest absolute Gasteiger partial charge is 0.490 e. The van der Waals surface area contributed by atoms with Gasteiger partial charge >= 0.3 is 6.03 Å². The van der Waals surface area contributed by atoms with Gasteiger partial charge in [0.2, 0.25) is 0 Å². The predicted octanol–water partition coefficient (Wildman–Crippen LogP) is 3.55. The number of nitrogens with one attached hydrogen (secondary N) is 1. The van der Waals surface area contributed by atoms with Crippen LogP contribution in [0.25, 0.3) is 0 Å². The van der Waals surface area contributed by atoms with Crippen molar-refractivity contribution < 1.29 is 14.3 Å². The Hall–Kier alpha value is -2.73. The van der Waals surface area contributed by atoms with Gasteiger partial charge in [-0.05, 0) is 42.5 Å². The predicted molar refractivity (Wildman–Crippen MR) is 108 cm³/mol. The molecule has 146 valence electrons. The normalized spacial score (nSPS) is 17.5. The van der Waals surface area contributed by atoms with Gasteiger partial charge in [-0.3, -0.25) is 9.69 Å². The molecule has 1 N–H and O–H groups in total. The van der Waals surface area contributed by atoms with Crippen LogP contribution in [0.15, 0.2) is 48.5 Å². The van der Waals surface area contributed by atoms with Crippen molar-refractivity contribution in [1.29, 1.82) is 0 Å². The number of urea groups is 1. The molecule has 0 saturated carbocycles. The molecule has 0 spiro atoms. The number of halogens is 1. The molecular weight excluding hydrogens is 378 g/mol. The van der Waals surface area contributed by atoms with Gasteiger partial charge in [-0.25, -0.2) is 4.79 Å². The van der Waals surface area contributed by atoms with Crippen LogP contribution < -0.4 is 15.0 Å². The fourth-order valence-electron chi connectivity index (χ4n) is 3.59. The second-order valence-corrected chi connectivity index (χ2v) is 7.43.